The van der Waals surface area contributed by atoms with Gasteiger partial charge in [-0.1, -0.05) is 34.6 Å². The molecule has 0 aliphatic heterocycles. The first-order chi connectivity index (χ1) is 9.41. The Morgan fingerprint density at radius 1 is 0.579 bits per heavy atom. The lowest BCUT2D eigenvalue weighted by molar-refractivity contribution is 0.567. The number of nitrogens with one attached hydrogen (secondary N) is 4. The Morgan fingerprint density at radius 3 is 1.42 bits per heavy atom. The summed E-state index contributed by atoms with van der Waals surface area (Å²) in [5, 5.41) is 13.3. The van der Waals surface area contributed by atoms with Crippen LogP contribution in [0, 0.1) is 0 Å². The van der Waals surface area contributed by atoms with Crippen LogP contribution in [-0.2, 0) is 0 Å². The van der Waals surface area contributed by atoms with E-state index in [1.165, 1.54) is 12.8 Å². The largest absolute Gasteiger partial charge is 0.320 e. The maximum absolute atomic E-state index is 3.42. The number of hydrogen-bond acceptors (Lipinski definition) is 4. The van der Waals surface area contributed by atoms with Crippen molar-refractivity contribution in [3.63, 3.8) is 0 Å². The van der Waals surface area contributed by atoms with Gasteiger partial charge in [-0.25, -0.2) is 0 Å². The fourth-order valence-corrected chi connectivity index (χ4v) is 1.33. The molecule has 0 aromatic rings. The molecule has 0 aliphatic carbocycles. The smallest absolute Gasteiger partial charge is 0.00767 e. The van der Waals surface area contributed by atoms with Gasteiger partial charge < -0.3 is 21.3 Å². The molecule has 4 nitrogen and oxygen atoms in total. The van der Waals surface area contributed by atoms with Crippen LogP contribution in [-0.4, -0.2) is 52.9 Å². The van der Waals surface area contributed by atoms with Gasteiger partial charge in [0.15, 0.2) is 0 Å². The van der Waals surface area contributed by atoms with Crippen LogP contribution in [0.2, 0.25) is 0 Å². The van der Waals surface area contributed by atoms with Crippen molar-refractivity contribution in [2.75, 3.05) is 52.9 Å². The first-order valence-electron chi connectivity index (χ1n) is 8.18. The molecular formula is C15H40N4. The Kier molecular flexibility index (Phi) is 38.6. The van der Waals surface area contributed by atoms with E-state index in [0.29, 0.717) is 0 Å². The van der Waals surface area contributed by atoms with Gasteiger partial charge in [0, 0.05) is 13.1 Å². The topological polar surface area (TPSA) is 48.1 Å². The zero-order chi connectivity index (χ0) is 15.2. The fraction of sp³-hybridized carbons (Fsp3) is 1.00. The molecular weight excluding hydrogens is 236 g/mol. The molecule has 120 valence electrons. The third kappa shape index (κ3) is 31.9. The molecule has 0 radical (unpaired) electrons. The average Bonchev–Trinajstić information content (AvgIpc) is 2.49. The molecule has 4 N–H and O–H groups in total. The minimum atomic E-state index is 1.07. The molecule has 0 aliphatic rings. The van der Waals surface area contributed by atoms with Crippen molar-refractivity contribution in [1.29, 1.82) is 0 Å². The lowest BCUT2D eigenvalue weighted by atomic mass is 10.4. The van der Waals surface area contributed by atoms with Crippen LogP contribution in [0.5, 0.6) is 0 Å². The van der Waals surface area contributed by atoms with E-state index in [2.05, 4.69) is 28.2 Å². The molecule has 0 spiro atoms. The fourth-order valence-electron chi connectivity index (χ4n) is 1.33. The third-order valence-electron chi connectivity index (χ3n) is 2.22. The average molecular weight is 277 g/mol. The highest BCUT2D eigenvalue weighted by Gasteiger charge is 1.89. The zero-order valence-electron chi connectivity index (χ0n) is 14.4. The SMILES string of the molecule is CC.CC.CCNCCCNCCNCCCNC. The van der Waals surface area contributed by atoms with Crippen molar-refractivity contribution >= 4 is 0 Å². The summed E-state index contributed by atoms with van der Waals surface area (Å²) in [6, 6.07) is 0. The molecule has 0 saturated carbocycles. The molecule has 0 aromatic carbocycles. The van der Waals surface area contributed by atoms with Crippen molar-refractivity contribution in [3.05, 3.63) is 0 Å². The Bertz CT molecular complexity index is 98.3. The van der Waals surface area contributed by atoms with Gasteiger partial charge in [0.25, 0.3) is 0 Å². The van der Waals surface area contributed by atoms with Crippen molar-refractivity contribution in [3.8, 4) is 0 Å². The summed E-state index contributed by atoms with van der Waals surface area (Å²) in [6.07, 6.45) is 2.42. The molecule has 0 amide bonds. The standard InChI is InChI=1S/C11H28N4.2C2H6/c1-3-13-7-5-9-15-11-10-14-8-4-6-12-2;2*1-2/h12-15H,3-11H2,1-2H3;2*1-2H3. The van der Waals surface area contributed by atoms with Gasteiger partial charge in [0.1, 0.15) is 0 Å². The van der Waals surface area contributed by atoms with Crippen molar-refractivity contribution < 1.29 is 0 Å². The molecule has 0 aromatic heterocycles. The molecule has 0 bridgehead atoms. The van der Waals surface area contributed by atoms with E-state index in [4.69, 9.17) is 0 Å². The highest BCUT2D eigenvalue weighted by molar-refractivity contribution is 4.54. The maximum atomic E-state index is 3.42. The lowest BCUT2D eigenvalue weighted by Crippen LogP contribution is -2.30. The Labute approximate surface area is 122 Å². The third-order valence-corrected chi connectivity index (χ3v) is 2.22. The monoisotopic (exact) mass is 276 g/mol. The molecule has 4 heteroatoms. The highest BCUT2D eigenvalue weighted by atomic mass is 14.9. The first-order valence-corrected chi connectivity index (χ1v) is 8.18. The lowest BCUT2D eigenvalue weighted by Gasteiger charge is -2.06. The summed E-state index contributed by atoms with van der Waals surface area (Å²) in [5.74, 6) is 0. The summed E-state index contributed by atoms with van der Waals surface area (Å²) in [7, 11) is 1.99. The summed E-state index contributed by atoms with van der Waals surface area (Å²) in [5.41, 5.74) is 0. The van der Waals surface area contributed by atoms with Gasteiger partial charge in [-0.3, -0.25) is 0 Å². The zero-order valence-corrected chi connectivity index (χ0v) is 14.4. The molecule has 0 atom stereocenters. The van der Waals surface area contributed by atoms with Gasteiger partial charge in [-0.15, -0.1) is 0 Å². The summed E-state index contributed by atoms with van der Waals surface area (Å²) < 4.78 is 0. The predicted octanol–water partition coefficient (Wildman–Crippen LogP) is 1.83. The Morgan fingerprint density at radius 2 is 1.00 bits per heavy atom. The van der Waals surface area contributed by atoms with E-state index >= 15 is 0 Å². The normalized spacial score (nSPS) is 9.16. The van der Waals surface area contributed by atoms with Crippen LogP contribution in [0.3, 0.4) is 0 Å². The molecule has 0 saturated heterocycles. The minimum absolute atomic E-state index is 1.07. The van der Waals surface area contributed by atoms with Gasteiger partial charge in [0.2, 0.25) is 0 Å². The van der Waals surface area contributed by atoms with Crippen LogP contribution in [0.25, 0.3) is 0 Å². The van der Waals surface area contributed by atoms with Gasteiger partial charge >= 0.3 is 0 Å². The van der Waals surface area contributed by atoms with Crippen LogP contribution >= 0.6 is 0 Å². The summed E-state index contributed by atoms with van der Waals surface area (Å²) in [4.78, 5) is 0. The first kappa shape index (κ1) is 23.9. The second-order valence-electron chi connectivity index (χ2n) is 3.66. The molecule has 0 fully saturated rings. The summed E-state index contributed by atoms with van der Waals surface area (Å²) in [6.45, 7) is 17.8. The maximum Gasteiger partial charge on any atom is 0.00767 e. The van der Waals surface area contributed by atoms with Crippen LogP contribution in [0.4, 0.5) is 0 Å². The molecule has 19 heavy (non-hydrogen) atoms. The Balaban J connectivity index is -0.000000579. The molecule has 0 heterocycles. The predicted molar refractivity (Wildman–Crippen MR) is 90.1 cm³/mol. The van der Waals surface area contributed by atoms with Crippen LogP contribution in [0.15, 0.2) is 0 Å². The van der Waals surface area contributed by atoms with E-state index in [-0.39, 0.29) is 0 Å². The van der Waals surface area contributed by atoms with Crippen LogP contribution < -0.4 is 21.3 Å². The second-order valence-corrected chi connectivity index (χ2v) is 3.66. The van der Waals surface area contributed by atoms with Crippen molar-refractivity contribution in [1.82, 2.24) is 21.3 Å². The van der Waals surface area contributed by atoms with Crippen molar-refractivity contribution in [2.45, 2.75) is 47.5 Å². The van der Waals surface area contributed by atoms with E-state index in [1.54, 1.807) is 0 Å². The highest BCUT2D eigenvalue weighted by Crippen LogP contribution is 1.73. The Hall–Kier alpha value is -0.160. The second kappa shape index (κ2) is 30.7. The molecule has 0 unspecified atom stereocenters. The van der Waals surface area contributed by atoms with E-state index in [9.17, 15) is 0 Å². The minimum Gasteiger partial charge on any atom is -0.320 e. The van der Waals surface area contributed by atoms with Crippen LogP contribution in [0.1, 0.15) is 47.5 Å². The number of hydrogen-bond donors (Lipinski definition) is 4. The summed E-state index contributed by atoms with van der Waals surface area (Å²) >= 11 is 0. The number of rotatable bonds is 12. The van der Waals surface area contributed by atoms with E-state index < -0.39 is 0 Å². The van der Waals surface area contributed by atoms with Gasteiger partial charge in [-0.05, 0) is 52.6 Å². The van der Waals surface area contributed by atoms with Gasteiger partial charge in [-0.2, -0.15) is 0 Å². The molecule has 0 rings (SSSR count). The van der Waals surface area contributed by atoms with E-state index in [1.807, 2.05) is 34.7 Å². The van der Waals surface area contributed by atoms with Gasteiger partial charge in [0.05, 0.1) is 0 Å². The van der Waals surface area contributed by atoms with E-state index in [0.717, 1.165) is 45.8 Å². The van der Waals surface area contributed by atoms with Crippen molar-refractivity contribution in [2.24, 2.45) is 0 Å². The quantitative estimate of drug-likeness (QED) is 0.411.